The molecule has 3 aromatic carbocycles. The van der Waals surface area contributed by atoms with Gasteiger partial charge in [-0.25, -0.2) is 9.98 Å². The van der Waals surface area contributed by atoms with E-state index in [-0.39, 0.29) is 28.6 Å². The van der Waals surface area contributed by atoms with E-state index in [1.807, 2.05) is 0 Å². The Morgan fingerprint density at radius 1 is 0.974 bits per heavy atom. The van der Waals surface area contributed by atoms with Crippen molar-refractivity contribution in [3.05, 3.63) is 93.7 Å². The Labute approximate surface area is 227 Å². The van der Waals surface area contributed by atoms with Gasteiger partial charge in [0.25, 0.3) is 0 Å². The molecule has 0 fully saturated rings. The van der Waals surface area contributed by atoms with Crippen molar-refractivity contribution >= 4 is 45.9 Å². The fourth-order valence-corrected chi connectivity index (χ4v) is 4.13. The molecule has 1 heterocycles. The quantitative estimate of drug-likeness (QED) is 0.0829. The van der Waals surface area contributed by atoms with Crippen molar-refractivity contribution in [1.82, 2.24) is 14.9 Å². The number of nitrogens with zero attached hydrogens (tertiary/aromatic N) is 4. The van der Waals surface area contributed by atoms with Crippen molar-refractivity contribution in [2.45, 2.75) is 24.9 Å². The maximum Gasteiger partial charge on any atom is 0.416 e. The van der Waals surface area contributed by atoms with Crippen LogP contribution in [0.1, 0.15) is 22.7 Å². The summed E-state index contributed by atoms with van der Waals surface area (Å²) < 4.78 is 83.6. The minimum Gasteiger partial charge on any atom is -0.328 e. The second-order valence-corrected chi connectivity index (χ2v) is 8.98. The predicted molar refractivity (Wildman–Crippen MR) is 135 cm³/mol. The molecular weight excluding hydrogens is 569 g/mol. The van der Waals surface area contributed by atoms with Crippen molar-refractivity contribution in [3.8, 4) is 6.19 Å². The molecule has 0 aliphatic heterocycles. The van der Waals surface area contributed by atoms with Crippen molar-refractivity contribution in [2.75, 3.05) is 5.32 Å². The van der Waals surface area contributed by atoms with Gasteiger partial charge >= 0.3 is 12.4 Å². The van der Waals surface area contributed by atoms with E-state index in [0.29, 0.717) is 22.8 Å². The number of hydrogen-bond donors (Lipinski definition) is 2. The molecule has 1 unspecified atom stereocenters. The van der Waals surface area contributed by atoms with Crippen LogP contribution < -0.4 is 10.6 Å². The molecule has 2 N–H and O–H groups in total. The molecule has 4 rings (SSSR count). The summed E-state index contributed by atoms with van der Waals surface area (Å²) in [6.07, 6.45) is -7.11. The number of nitriles is 1. The predicted octanol–water partition coefficient (Wildman–Crippen LogP) is 7.66. The molecular formula is C25H16Cl2F6N6. The van der Waals surface area contributed by atoms with Crippen molar-refractivity contribution in [1.29, 1.82) is 5.26 Å². The van der Waals surface area contributed by atoms with E-state index in [2.05, 4.69) is 20.6 Å². The lowest BCUT2D eigenvalue weighted by Gasteiger charge is -2.22. The molecule has 0 saturated heterocycles. The van der Waals surface area contributed by atoms with Gasteiger partial charge in [0.2, 0.25) is 5.96 Å². The molecule has 6 nitrogen and oxygen atoms in total. The molecule has 0 spiro atoms. The average Bonchev–Trinajstić information content (AvgIpc) is 3.27. The van der Waals surface area contributed by atoms with Crippen LogP contribution in [0.15, 0.2) is 72.0 Å². The van der Waals surface area contributed by atoms with E-state index in [1.54, 1.807) is 30.5 Å². The number of fused-ring (bicyclic) bond motifs is 1. The molecule has 1 aromatic heterocycles. The van der Waals surface area contributed by atoms with Gasteiger partial charge in [-0.15, -0.1) is 0 Å². The van der Waals surface area contributed by atoms with Gasteiger partial charge in [0.05, 0.1) is 51.1 Å². The molecule has 0 aliphatic rings. The Balaban J connectivity index is 1.87. The molecule has 0 radical (unpaired) electrons. The van der Waals surface area contributed by atoms with Gasteiger partial charge in [-0.1, -0.05) is 41.4 Å². The molecule has 14 heteroatoms. The summed E-state index contributed by atoms with van der Waals surface area (Å²) in [4.78, 5) is 8.51. The van der Waals surface area contributed by atoms with Gasteiger partial charge in [-0.3, -0.25) is 5.32 Å². The summed E-state index contributed by atoms with van der Waals surface area (Å²) in [6, 6.07) is 11.1. The van der Waals surface area contributed by atoms with Gasteiger partial charge in [-0.2, -0.15) is 31.6 Å². The number of imidazole rings is 1. The number of hydrogen-bond acceptors (Lipinski definition) is 3. The van der Waals surface area contributed by atoms with Crippen molar-refractivity contribution < 1.29 is 26.3 Å². The molecule has 1 atom stereocenters. The zero-order chi connectivity index (χ0) is 28.4. The first-order valence-electron chi connectivity index (χ1n) is 11.0. The van der Waals surface area contributed by atoms with Crippen LogP contribution in [-0.4, -0.2) is 15.5 Å². The number of benzene rings is 3. The van der Waals surface area contributed by atoms with Crippen LogP contribution in [0.2, 0.25) is 10.0 Å². The third-order valence-electron chi connectivity index (χ3n) is 5.58. The Hall–Kier alpha value is -3.95. The summed E-state index contributed by atoms with van der Waals surface area (Å²) in [5.74, 6) is -0.279. The van der Waals surface area contributed by atoms with Gasteiger partial charge in [0.1, 0.15) is 0 Å². The summed E-state index contributed by atoms with van der Waals surface area (Å²) >= 11 is 11.9. The van der Waals surface area contributed by atoms with Gasteiger partial charge in [0, 0.05) is 5.69 Å². The summed E-state index contributed by atoms with van der Waals surface area (Å²) in [7, 11) is 0. The summed E-state index contributed by atoms with van der Waals surface area (Å²) in [5.41, 5.74) is -2.11. The van der Waals surface area contributed by atoms with E-state index in [1.165, 1.54) is 29.1 Å². The van der Waals surface area contributed by atoms with E-state index >= 15 is 0 Å². The van der Waals surface area contributed by atoms with E-state index in [4.69, 9.17) is 23.2 Å². The number of aliphatic imine (C=N–C) groups is 1. The zero-order valence-corrected chi connectivity index (χ0v) is 21.0. The van der Waals surface area contributed by atoms with Crippen LogP contribution in [-0.2, 0) is 18.9 Å². The second kappa shape index (κ2) is 11.0. The second-order valence-electron chi connectivity index (χ2n) is 8.17. The van der Waals surface area contributed by atoms with E-state index < -0.39 is 35.1 Å². The molecule has 0 amide bonds. The summed E-state index contributed by atoms with van der Waals surface area (Å²) in [6.45, 7) is -0.255. The molecule has 0 bridgehead atoms. The van der Waals surface area contributed by atoms with Crippen LogP contribution in [0.25, 0.3) is 11.0 Å². The normalized spacial score (nSPS) is 13.3. The number of alkyl halides is 6. The molecule has 0 saturated carbocycles. The number of nitrogens with one attached hydrogen (secondary N) is 2. The topological polar surface area (TPSA) is 78.0 Å². The fourth-order valence-electron chi connectivity index (χ4n) is 3.83. The number of aromatic nitrogens is 2. The highest BCUT2D eigenvalue weighted by Gasteiger charge is 2.39. The highest BCUT2D eigenvalue weighted by atomic mass is 35.5. The minimum atomic E-state index is -5.14. The van der Waals surface area contributed by atoms with Crippen LogP contribution >= 0.6 is 23.2 Å². The lowest BCUT2D eigenvalue weighted by atomic mass is 9.97. The zero-order valence-electron chi connectivity index (χ0n) is 19.4. The number of rotatable bonds is 5. The van der Waals surface area contributed by atoms with Gasteiger partial charge in [0.15, 0.2) is 6.19 Å². The maximum absolute atomic E-state index is 14.1. The largest absolute Gasteiger partial charge is 0.416 e. The Morgan fingerprint density at radius 2 is 1.72 bits per heavy atom. The molecule has 39 heavy (non-hydrogen) atoms. The number of para-hydroxylation sites is 2. The first kappa shape index (κ1) is 28.1. The Kier molecular flexibility index (Phi) is 7.94. The minimum absolute atomic E-state index is 0.0493. The molecule has 4 aromatic rings. The SMILES string of the molecule is N#CNC(=NC(Cn1cnc2ccccc21)c1ccc(C(F)(F)F)cc1C(F)(F)F)Nc1ccc(Cl)c(Cl)c1. The van der Waals surface area contributed by atoms with Crippen LogP contribution in [0.3, 0.4) is 0 Å². The van der Waals surface area contributed by atoms with Crippen molar-refractivity contribution in [3.63, 3.8) is 0 Å². The third kappa shape index (κ3) is 6.55. The van der Waals surface area contributed by atoms with Gasteiger partial charge < -0.3 is 9.88 Å². The number of guanidine groups is 1. The lowest BCUT2D eigenvalue weighted by Crippen LogP contribution is -2.28. The summed E-state index contributed by atoms with van der Waals surface area (Å²) in [5, 5.41) is 14.6. The number of anilines is 1. The smallest absolute Gasteiger partial charge is 0.328 e. The Morgan fingerprint density at radius 3 is 2.38 bits per heavy atom. The number of halogens is 8. The maximum atomic E-state index is 14.1. The average molecular weight is 585 g/mol. The highest BCUT2D eigenvalue weighted by Crippen LogP contribution is 2.40. The van der Waals surface area contributed by atoms with Crippen LogP contribution in [0, 0.1) is 11.5 Å². The first-order valence-corrected chi connectivity index (χ1v) is 11.8. The lowest BCUT2D eigenvalue weighted by molar-refractivity contribution is -0.143. The Bertz CT molecular complexity index is 1570. The van der Waals surface area contributed by atoms with E-state index in [0.717, 1.165) is 6.07 Å². The standard InChI is InChI=1S/C25H16Cl2F6N6/c26-18-8-6-15(10-19(18)27)37-23(35-12-34)38-21(11-39-13-36-20-3-1-2-4-22(20)39)16-7-5-14(24(28,29)30)9-17(16)25(31,32)33/h1-10,13,21H,11H2,(H2,35,37,38). The highest BCUT2D eigenvalue weighted by molar-refractivity contribution is 6.42. The first-order chi connectivity index (χ1) is 18.4. The molecule has 202 valence electrons. The van der Waals surface area contributed by atoms with E-state index in [9.17, 15) is 31.6 Å². The fraction of sp³-hybridized carbons (Fsp3) is 0.160. The van der Waals surface area contributed by atoms with Crippen LogP contribution in [0.4, 0.5) is 32.0 Å². The molecule has 0 aliphatic carbocycles. The third-order valence-corrected chi connectivity index (χ3v) is 6.32. The van der Waals surface area contributed by atoms with Crippen molar-refractivity contribution in [2.24, 2.45) is 4.99 Å². The monoisotopic (exact) mass is 584 g/mol. The van der Waals surface area contributed by atoms with Gasteiger partial charge in [-0.05, 0) is 48.0 Å². The van der Waals surface area contributed by atoms with Crippen LogP contribution in [0.5, 0.6) is 0 Å².